The van der Waals surface area contributed by atoms with Crippen molar-refractivity contribution >= 4 is 23.0 Å². The second-order valence-corrected chi connectivity index (χ2v) is 3.80. The molecule has 4 nitrogen and oxygen atoms in total. The van der Waals surface area contributed by atoms with E-state index in [1.165, 1.54) is 14.0 Å². The van der Waals surface area contributed by atoms with E-state index in [0.29, 0.717) is 6.07 Å². The number of nitro groups is 1. The van der Waals surface area contributed by atoms with Gasteiger partial charge in [-0.3, -0.25) is 15.1 Å². The zero-order valence-corrected chi connectivity index (χ0v) is 10.1. The first kappa shape index (κ1) is 14.4. The van der Waals surface area contributed by atoms with E-state index in [1.54, 1.807) is 0 Å². The molecule has 0 unspecified atom stereocenters. The number of aliphatic imine (C=N–C) groups is 1. The van der Waals surface area contributed by atoms with Crippen molar-refractivity contribution in [2.45, 2.75) is 13.1 Å². The van der Waals surface area contributed by atoms with Crippen LogP contribution in [-0.2, 0) is 6.18 Å². The summed E-state index contributed by atoms with van der Waals surface area (Å²) in [5.74, 6) is 0. The number of benzene rings is 1. The summed E-state index contributed by atoms with van der Waals surface area (Å²) in [5, 5.41) is 10.0. The predicted octanol–water partition coefficient (Wildman–Crippen LogP) is 3.71. The molecule has 0 N–H and O–H groups in total. The summed E-state index contributed by atoms with van der Waals surface area (Å²) in [6, 6.07) is 1.38. The van der Waals surface area contributed by atoms with Crippen LogP contribution < -0.4 is 0 Å². The Labute approximate surface area is 105 Å². The maximum absolute atomic E-state index is 12.7. The molecule has 0 aliphatic rings. The van der Waals surface area contributed by atoms with Gasteiger partial charge in [-0.05, 0) is 6.92 Å². The second-order valence-electron chi connectivity index (χ2n) is 3.42. The molecule has 0 spiro atoms. The van der Waals surface area contributed by atoms with Crippen LogP contribution in [0.5, 0.6) is 0 Å². The second kappa shape index (κ2) is 4.93. The third-order valence-corrected chi connectivity index (χ3v) is 2.71. The van der Waals surface area contributed by atoms with Gasteiger partial charge < -0.3 is 0 Å². The minimum atomic E-state index is -4.76. The first-order valence-electron chi connectivity index (χ1n) is 4.67. The molecular formula is C10H8ClF3N2O2. The highest BCUT2D eigenvalue weighted by molar-refractivity contribution is 6.35. The molecule has 98 valence electrons. The Morgan fingerprint density at radius 2 is 2.00 bits per heavy atom. The number of alkyl halides is 3. The Morgan fingerprint density at radius 1 is 1.44 bits per heavy atom. The van der Waals surface area contributed by atoms with Gasteiger partial charge in [-0.2, -0.15) is 13.2 Å². The third kappa shape index (κ3) is 2.79. The van der Waals surface area contributed by atoms with Crippen LogP contribution in [0, 0.1) is 10.1 Å². The number of nitro benzene ring substituents is 1. The number of hydrogen-bond donors (Lipinski definition) is 0. The summed E-state index contributed by atoms with van der Waals surface area (Å²) < 4.78 is 38.1. The topological polar surface area (TPSA) is 55.5 Å². The molecule has 0 radical (unpaired) electrons. The highest BCUT2D eigenvalue weighted by Gasteiger charge is 2.36. The minimum absolute atomic E-state index is 0.0966. The number of non-ortho nitro benzene ring substituents is 1. The van der Waals surface area contributed by atoms with Crippen LogP contribution >= 0.6 is 11.6 Å². The van der Waals surface area contributed by atoms with Crippen molar-refractivity contribution in [3.8, 4) is 0 Å². The molecule has 0 aliphatic carbocycles. The highest BCUT2D eigenvalue weighted by Crippen LogP contribution is 2.39. The Balaban J connectivity index is 3.64. The fraction of sp³-hybridized carbons (Fsp3) is 0.300. The lowest BCUT2D eigenvalue weighted by Gasteiger charge is -2.12. The van der Waals surface area contributed by atoms with Crippen molar-refractivity contribution in [2.75, 3.05) is 7.05 Å². The average Bonchev–Trinajstić information content (AvgIpc) is 2.26. The number of halogens is 4. The Morgan fingerprint density at radius 3 is 2.39 bits per heavy atom. The smallest absolute Gasteiger partial charge is 0.293 e. The van der Waals surface area contributed by atoms with Crippen LogP contribution in [0.15, 0.2) is 17.1 Å². The van der Waals surface area contributed by atoms with Crippen molar-refractivity contribution < 1.29 is 18.1 Å². The van der Waals surface area contributed by atoms with Crippen LogP contribution in [0.4, 0.5) is 18.9 Å². The molecule has 18 heavy (non-hydrogen) atoms. The van der Waals surface area contributed by atoms with E-state index in [9.17, 15) is 23.3 Å². The van der Waals surface area contributed by atoms with Gasteiger partial charge in [-0.15, -0.1) is 0 Å². The Bertz CT molecular complexity index is 527. The Hall–Kier alpha value is -1.63. The van der Waals surface area contributed by atoms with Gasteiger partial charge in [0.2, 0.25) is 0 Å². The average molecular weight is 281 g/mol. The lowest BCUT2D eigenvalue weighted by Crippen LogP contribution is -2.10. The zero-order valence-electron chi connectivity index (χ0n) is 9.38. The maximum Gasteiger partial charge on any atom is 0.418 e. The van der Waals surface area contributed by atoms with Gasteiger partial charge in [-0.1, -0.05) is 11.6 Å². The summed E-state index contributed by atoms with van der Waals surface area (Å²) >= 11 is 5.62. The molecule has 0 saturated heterocycles. The van der Waals surface area contributed by atoms with Crippen molar-refractivity contribution in [3.63, 3.8) is 0 Å². The molecule has 0 aromatic heterocycles. The molecule has 0 bridgehead atoms. The number of hydrogen-bond acceptors (Lipinski definition) is 3. The van der Waals surface area contributed by atoms with Crippen LogP contribution in [0.25, 0.3) is 0 Å². The van der Waals surface area contributed by atoms with Crippen LogP contribution in [0.2, 0.25) is 5.02 Å². The van der Waals surface area contributed by atoms with E-state index in [4.69, 9.17) is 11.6 Å². The molecule has 1 aromatic rings. The van der Waals surface area contributed by atoms with Crippen molar-refractivity contribution in [3.05, 3.63) is 38.4 Å². The predicted molar refractivity (Wildman–Crippen MR) is 61.2 cm³/mol. The molecule has 1 aromatic carbocycles. The monoisotopic (exact) mass is 280 g/mol. The summed E-state index contributed by atoms with van der Waals surface area (Å²) in [6.45, 7) is 1.42. The quantitative estimate of drug-likeness (QED) is 0.471. The standard InChI is InChI=1S/C10H8ClF3N2O2/c1-5(15-2)7-3-6(16(17)18)4-8(9(7)11)10(12,13)14/h3-4H,1-2H3. The first-order chi connectivity index (χ1) is 8.18. The van der Waals surface area contributed by atoms with E-state index in [-0.39, 0.29) is 11.3 Å². The van der Waals surface area contributed by atoms with Crippen molar-refractivity contribution in [2.24, 2.45) is 4.99 Å². The first-order valence-corrected chi connectivity index (χ1v) is 5.05. The van der Waals surface area contributed by atoms with E-state index in [1.807, 2.05) is 0 Å². The van der Waals surface area contributed by atoms with E-state index < -0.39 is 27.4 Å². The van der Waals surface area contributed by atoms with Gasteiger partial charge in [0.05, 0.1) is 15.5 Å². The van der Waals surface area contributed by atoms with E-state index in [0.717, 1.165) is 6.07 Å². The van der Waals surface area contributed by atoms with Gasteiger partial charge in [0.25, 0.3) is 5.69 Å². The summed E-state index contributed by atoms with van der Waals surface area (Å²) in [6.07, 6.45) is -4.76. The van der Waals surface area contributed by atoms with Gasteiger partial charge >= 0.3 is 6.18 Å². The summed E-state index contributed by atoms with van der Waals surface area (Å²) in [5.41, 5.74) is -1.82. The van der Waals surface area contributed by atoms with Gasteiger partial charge in [-0.25, -0.2) is 0 Å². The molecule has 1 rings (SSSR count). The van der Waals surface area contributed by atoms with Crippen LogP contribution in [-0.4, -0.2) is 17.7 Å². The lowest BCUT2D eigenvalue weighted by atomic mass is 10.1. The molecule has 0 fully saturated rings. The molecule has 0 aliphatic heterocycles. The highest BCUT2D eigenvalue weighted by atomic mass is 35.5. The SMILES string of the molecule is CN=C(C)c1cc([N+](=O)[O-])cc(C(F)(F)F)c1Cl. The van der Waals surface area contributed by atoms with Gasteiger partial charge in [0.15, 0.2) is 0 Å². The minimum Gasteiger partial charge on any atom is -0.293 e. The summed E-state index contributed by atoms with van der Waals surface area (Å²) in [4.78, 5) is 13.4. The fourth-order valence-corrected chi connectivity index (χ4v) is 1.66. The summed E-state index contributed by atoms with van der Waals surface area (Å²) in [7, 11) is 1.36. The number of nitrogens with zero attached hydrogens (tertiary/aromatic N) is 2. The van der Waals surface area contributed by atoms with Crippen LogP contribution in [0.3, 0.4) is 0 Å². The molecule has 0 amide bonds. The third-order valence-electron chi connectivity index (χ3n) is 2.30. The molecular weight excluding hydrogens is 273 g/mol. The van der Waals surface area contributed by atoms with Crippen molar-refractivity contribution in [1.29, 1.82) is 0 Å². The normalized spacial score (nSPS) is 12.7. The van der Waals surface area contributed by atoms with Gasteiger partial charge in [0.1, 0.15) is 0 Å². The molecule has 0 heterocycles. The molecule has 0 saturated carbocycles. The van der Waals surface area contributed by atoms with Gasteiger partial charge in [0, 0.05) is 30.5 Å². The van der Waals surface area contributed by atoms with E-state index >= 15 is 0 Å². The van der Waals surface area contributed by atoms with Crippen LogP contribution in [0.1, 0.15) is 18.1 Å². The lowest BCUT2D eigenvalue weighted by molar-refractivity contribution is -0.385. The zero-order chi connectivity index (χ0) is 14.1. The molecule has 8 heteroatoms. The largest absolute Gasteiger partial charge is 0.418 e. The van der Waals surface area contributed by atoms with Crippen molar-refractivity contribution in [1.82, 2.24) is 0 Å². The van der Waals surface area contributed by atoms with E-state index in [2.05, 4.69) is 4.99 Å². The molecule has 0 atom stereocenters. The maximum atomic E-state index is 12.7. The number of rotatable bonds is 2. The fourth-order valence-electron chi connectivity index (χ4n) is 1.30. The Kier molecular flexibility index (Phi) is 3.95.